The number of carbonyl (C=O) groups is 1. The Kier molecular flexibility index (Phi) is 3.76. The fourth-order valence-electron chi connectivity index (χ4n) is 1.74. The van der Waals surface area contributed by atoms with E-state index in [0.29, 0.717) is 12.8 Å². The van der Waals surface area contributed by atoms with Crippen LogP contribution in [0.25, 0.3) is 0 Å². The number of hydrogen-bond acceptors (Lipinski definition) is 4. The van der Waals surface area contributed by atoms with E-state index in [1.807, 2.05) is 0 Å². The third-order valence-electron chi connectivity index (χ3n) is 2.41. The molecule has 2 N–H and O–H groups in total. The van der Waals surface area contributed by atoms with E-state index in [0.717, 1.165) is 0 Å². The summed E-state index contributed by atoms with van der Waals surface area (Å²) in [6.07, 6.45) is -0.305. The first-order valence-corrected chi connectivity index (χ1v) is 5.39. The Morgan fingerprint density at radius 2 is 2.12 bits per heavy atom. The van der Waals surface area contributed by atoms with Gasteiger partial charge in [-0.15, -0.1) is 0 Å². The van der Waals surface area contributed by atoms with E-state index in [2.05, 4.69) is 11.4 Å². The summed E-state index contributed by atoms with van der Waals surface area (Å²) in [5.74, 6) is -0.185. The molecule has 1 aliphatic rings. The SMILES string of the molecule is CC(C)(C)OC(=O)N[C@@H]1C[C@@H](C#N)C[C@H]1O. The van der Waals surface area contributed by atoms with Crippen molar-refractivity contribution >= 4 is 6.09 Å². The quantitative estimate of drug-likeness (QED) is 0.703. The number of aliphatic hydroxyl groups excluding tert-OH is 1. The van der Waals surface area contributed by atoms with Crippen molar-refractivity contribution in [3.05, 3.63) is 0 Å². The topological polar surface area (TPSA) is 82.3 Å². The molecule has 0 heterocycles. The van der Waals surface area contributed by atoms with Gasteiger partial charge in [0.05, 0.1) is 24.1 Å². The number of ether oxygens (including phenoxy) is 1. The van der Waals surface area contributed by atoms with Crippen LogP contribution in [0.1, 0.15) is 33.6 Å². The molecule has 0 aromatic carbocycles. The van der Waals surface area contributed by atoms with Crippen molar-refractivity contribution in [1.82, 2.24) is 5.32 Å². The lowest BCUT2D eigenvalue weighted by molar-refractivity contribution is 0.0450. The second kappa shape index (κ2) is 4.71. The lowest BCUT2D eigenvalue weighted by Gasteiger charge is -2.22. The lowest BCUT2D eigenvalue weighted by atomic mass is 10.1. The van der Waals surface area contributed by atoms with E-state index < -0.39 is 17.8 Å². The Balaban J connectivity index is 2.44. The minimum atomic E-state index is -0.655. The van der Waals surface area contributed by atoms with Crippen LogP contribution in [0.3, 0.4) is 0 Å². The standard InChI is InChI=1S/C11H18N2O3/c1-11(2,3)16-10(15)13-8-4-7(6-12)5-9(8)14/h7-9,14H,4-5H2,1-3H3,(H,13,15)/t7-,8-,9-/m1/s1. The Bertz CT molecular complexity index is 303. The summed E-state index contributed by atoms with van der Waals surface area (Å²) >= 11 is 0. The second-order valence-electron chi connectivity index (χ2n) is 5.12. The van der Waals surface area contributed by atoms with Crippen LogP contribution in [0.2, 0.25) is 0 Å². The van der Waals surface area contributed by atoms with Gasteiger partial charge in [-0.1, -0.05) is 0 Å². The van der Waals surface area contributed by atoms with Crippen LogP contribution < -0.4 is 5.32 Å². The molecule has 0 aliphatic heterocycles. The zero-order chi connectivity index (χ0) is 12.3. The van der Waals surface area contributed by atoms with Gasteiger partial charge in [0.1, 0.15) is 5.60 Å². The van der Waals surface area contributed by atoms with Gasteiger partial charge in [-0.2, -0.15) is 5.26 Å². The Hall–Kier alpha value is -1.28. The molecule has 1 aliphatic carbocycles. The van der Waals surface area contributed by atoms with Gasteiger partial charge < -0.3 is 15.2 Å². The van der Waals surface area contributed by atoms with Crippen LogP contribution in [0.5, 0.6) is 0 Å². The van der Waals surface area contributed by atoms with Crippen molar-refractivity contribution in [1.29, 1.82) is 5.26 Å². The summed E-state index contributed by atoms with van der Waals surface area (Å²) in [6, 6.07) is 1.72. The first kappa shape index (κ1) is 12.8. The summed E-state index contributed by atoms with van der Waals surface area (Å²) in [6.45, 7) is 5.32. The molecule has 5 heteroatoms. The first-order valence-electron chi connectivity index (χ1n) is 5.39. The zero-order valence-corrected chi connectivity index (χ0v) is 9.86. The van der Waals surface area contributed by atoms with Crippen molar-refractivity contribution in [2.75, 3.05) is 0 Å². The van der Waals surface area contributed by atoms with Gasteiger partial charge in [0.25, 0.3) is 0 Å². The van der Waals surface area contributed by atoms with Crippen molar-refractivity contribution < 1.29 is 14.6 Å². The Morgan fingerprint density at radius 3 is 2.56 bits per heavy atom. The number of hydrogen-bond donors (Lipinski definition) is 2. The summed E-state index contributed by atoms with van der Waals surface area (Å²) in [5, 5.41) is 20.9. The van der Waals surface area contributed by atoms with Crippen LogP contribution in [0.4, 0.5) is 4.79 Å². The van der Waals surface area contributed by atoms with Crippen molar-refractivity contribution in [3.8, 4) is 6.07 Å². The molecule has 3 atom stereocenters. The lowest BCUT2D eigenvalue weighted by Crippen LogP contribution is -2.42. The smallest absolute Gasteiger partial charge is 0.407 e. The van der Waals surface area contributed by atoms with Crippen molar-refractivity contribution in [3.63, 3.8) is 0 Å². The fourth-order valence-corrected chi connectivity index (χ4v) is 1.74. The molecule has 1 rings (SSSR count). The zero-order valence-electron chi connectivity index (χ0n) is 9.86. The molecule has 16 heavy (non-hydrogen) atoms. The highest BCUT2D eigenvalue weighted by molar-refractivity contribution is 5.68. The van der Waals surface area contributed by atoms with E-state index in [4.69, 9.17) is 10.00 Å². The molecule has 0 spiro atoms. The predicted octanol–water partition coefficient (Wildman–Crippen LogP) is 1.17. The number of aliphatic hydroxyl groups is 1. The average molecular weight is 226 g/mol. The average Bonchev–Trinajstić information content (AvgIpc) is 2.44. The van der Waals surface area contributed by atoms with Gasteiger partial charge in [-0.05, 0) is 33.6 Å². The Morgan fingerprint density at radius 1 is 1.50 bits per heavy atom. The molecule has 0 unspecified atom stereocenters. The molecule has 1 amide bonds. The van der Waals surface area contributed by atoms with Crippen LogP contribution in [-0.4, -0.2) is 28.9 Å². The van der Waals surface area contributed by atoms with Crippen LogP contribution >= 0.6 is 0 Å². The molecule has 0 aromatic heterocycles. The monoisotopic (exact) mass is 226 g/mol. The molecule has 90 valence electrons. The van der Waals surface area contributed by atoms with E-state index in [-0.39, 0.29) is 12.0 Å². The number of nitriles is 1. The van der Waals surface area contributed by atoms with Gasteiger partial charge in [0, 0.05) is 0 Å². The molecule has 0 saturated heterocycles. The van der Waals surface area contributed by atoms with E-state index in [1.54, 1.807) is 20.8 Å². The van der Waals surface area contributed by atoms with E-state index >= 15 is 0 Å². The van der Waals surface area contributed by atoms with Crippen LogP contribution in [0.15, 0.2) is 0 Å². The van der Waals surface area contributed by atoms with E-state index in [9.17, 15) is 9.90 Å². The highest BCUT2D eigenvalue weighted by atomic mass is 16.6. The summed E-state index contributed by atoms with van der Waals surface area (Å²) in [5.41, 5.74) is -0.553. The molecule has 0 bridgehead atoms. The van der Waals surface area contributed by atoms with Crippen LogP contribution in [0, 0.1) is 17.2 Å². The number of alkyl carbamates (subject to hydrolysis) is 1. The maximum absolute atomic E-state index is 11.4. The fraction of sp³-hybridized carbons (Fsp3) is 0.818. The largest absolute Gasteiger partial charge is 0.444 e. The molecular weight excluding hydrogens is 208 g/mol. The predicted molar refractivity (Wildman–Crippen MR) is 57.5 cm³/mol. The van der Waals surface area contributed by atoms with E-state index in [1.165, 1.54) is 0 Å². The first-order chi connectivity index (χ1) is 7.31. The maximum Gasteiger partial charge on any atom is 0.407 e. The molecule has 0 aromatic rings. The van der Waals surface area contributed by atoms with Gasteiger partial charge in [-0.25, -0.2) is 4.79 Å². The minimum absolute atomic E-state index is 0.185. The summed E-state index contributed by atoms with van der Waals surface area (Å²) < 4.78 is 5.07. The van der Waals surface area contributed by atoms with Crippen molar-refractivity contribution in [2.45, 2.75) is 51.4 Å². The number of amides is 1. The second-order valence-corrected chi connectivity index (χ2v) is 5.12. The molecule has 1 saturated carbocycles. The number of nitrogens with one attached hydrogen (secondary N) is 1. The highest BCUT2D eigenvalue weighted by Gasteiger charge is 2.34. The maximum atomic E-state index is 11.4. The summed E-state index contributed by atoms with van der Waals surface area (Å²) in [4.78, 5) is 11.4. The molecular formula is C11H18N2O3. The normalized spacial score (nSPS) is 29.6. The molecule has 1 fully saturated rings. The highest BCUT2D eigenvalue weighted by Crippen LogP contribution is 2.25. The van der Waals surface area contributed by atoms with Gasteiger partial charge in [0.15, 0.2) is 0 Å². The van der Waals surface area contributed by atoms with Crippen LogP contribution in [-0.2, 0) is 4.74 Å². The summed E-state index contributed by atoms with van der Waals surface area (Å²) in [7, 11) is 0. The Labute approximate surface area is 95.4 Å². The number of carbonyl (C=O) groups excluding carboxylic acids is 1. The minimum Gasteiger partial charge on any atom is -0.444 e. The third kappa shape index (κ3) is 3.70. The van der Waals surface area contributed by atoms with Crippen molar-refractivity contribution in [2.24, 2.45) is 5.92 Å². The number of rotatable bonds is 1. The number of nitrogens with zero attached hydrogens (tertiary/aromatic N) is 1. The third-order valence-corrected chi connectivity index (χ3v) is 2.41. The molecule has 5 nitrogen and oxygen atoms in total. The van der Waals surface area contributed by atoms with Gasteiger partial charge >= 0.3 is 6.09 Å². The molecule has 0 radical (unpaired) electrons. The van der Waals surface area contributed by atoms with Gasteiger partial charge in [-0.3, -0.25) is 0 Å². The van der Waals surface area contributed by atoms with Gasteiger partial charge in [0.2, 0.25) is 0 Å².